The lowest BCUT2D eigenvalue weighted by atomic mass is 10.1. The lowest BCUT2D eigenvalue weighted by Gasteiger charge is -2.33. The number of carbonyl (C=O) groups excluding carboxylic acids is 2. The first kappa shape index (κ1) is 32.2. The number of carbonyl (C=O) groups is 2. The number of hydrogen-bond acceptors (Lipinski definition) is 4. The summed E-state index contributed by atoms with van der Waals surface area (Å²) in [7, 11) is -4.52. The highest BCUT2D eigenvalue weighted by atomic mass is 35.5. The highest BCUT2D eigenvalue weighted by Crippen LogP contribution is 2.33. The Kier molecular flexibility index (Phi) is 10.7. The van der Waals surface area contributed by atoms with E-state index in [0.717, 1.165) is 12.1 Å². The van der Waals surface area contributed by atoms with Crippen LogP contribution in [0.1, 0.15) is 31.4 Å². The van der Waals surface area contributed by atoms with Gasteiger partial charge in [-0.2, -0.15) is 13.2 Å². The molecule has 3 aromatic rings. The molecule has 220 valence electrons. The number of halogens is 5. The molecule has 0 bridgehead atoms. The third-order valence-electron chi connectivity index (χ3n) is 6.16. The molecule has 3 rings (SSSR count). The maximum absolute atomic E-state index is 13.9. The van der Waals surface area contributed by atoms with E-state index in [9.17, 15) is 31.2 Å². The highest BCUT2D eigenvalue weighted by molar-refractivity contribution is 7.92. The van der Waals surface area contributed by atoms with E-state index < -0.39 is 46.2 Å². The van der Waals surface area contributed by atoms with E-state index in [4.69, 9.17) is 23.2 Å². The van der Waals surface area contributed by atoms with Crippen molar-refractivity contribution in [2.75, 3.05) is 17.4 Å². The summed E-state index contributed by atoms with van der Waals surface area (Å²) in [6, 6.07) is 14.3. The molecule has 0 unspecified atom stereocenters. The number of likely N-dealkylation sites (N-methyl/N-ethyl adjacent to an activating group) is 1. The standard InChI is InChI=1S/C28H28Cl2F3N3O4S/c1-3-25(27(38)34-4-2)35(17-19-13-14-21(29)16-24(19)30)26(37)18-36(41(39,40)23-11-6-5-7-12-23)22-10-8-9-20(15-22)28(31,32)33/h5-16,25H,3-4,17-18H2,1-2H3,(H,34,38)/t25-/m0/s1. The summed E-state index contributed by atoms with van der Waals surface area (Å²) in [6.45, 7) is 2.58. The zero-order chi connectivity index (χ0) is 30.4. The lowest BCUT2D eigenvalue weighted by Crippen LogP contribution is -2.52. The molecule has 1 N–H and O–H groups in total. The van der Waals surface area contributed by atoms with E-state index in [-0.39, 0.29) is 35.1 Å². The monoisotopic (exact) mass is 629 g/mol. The van der Waals surface area contributed by atoms with Crippen LogP contribution in [0.15, 0.2) is 77.7 Å². The predicted octanol–water partition coefficient (Wildman–Crippen LogP) is 6.15. The molecule has 0 fully saturated rings. The van der Waals surface area contributed by atoms with Gasteiger partial charge in [0.1, 0.15) is 12.6 Å². The SMILES string of the molecule is CCNC(=O)[C@H](CC)N(Cc1ccc(Cl)cc1Cl)C(=O)CN(c1cccc(C(F)(F)F)c1)S(=O)(=O)c1ccccc1. The van der Waals surface area contributed by atoms with Crippen LogP contribution in [0.3, 0.4) is 0 Å². The van der Waals surface area contributed by atoms with Gasteiger partial charge in [-0.25, -0.2) is 8.42 Å². The molecule has 0 aliphatic carbocycles. The number of hydrogen-bond donors (Lipinski definition) is 1. The summed E-state index contributed by atoms with van der Waals surface area (Å²) >= 11 is 12.4. The fourth-order valence-corrected chi connectivity index (χ4v) is 6.03. The molecule has 0 heterocycles. The zero-order valence-electron chi connectivity index (χ0n) is 22.2. The van der Waals surface area contributed by atoms with Crippen LogP contribution in [0, 0.1) is 0 Å². The van der Waals surface area contributed by atoms with Gasteiger partial charge in [0.25, 0.3) is 10.0 Å². The number of rotatable bonds is 11. The van der Waals surface area contributed by atoms with Crippen LogP contribution in [0.2, 0.25) is 10.0 Å². The topological polar surface area (TPSA) is 86.8 Å². The second-order valence-electron chi connectivity index (χ2n) is 8.95. The van der Waals surface area contributed by atoms with Crippen LogP contribution in [0.4, 0.5) is 18.9 Å². The van der Waals surface area contributed by atoms with Gasteiger partial charge in [0, 0.05) is 23.1 Å². The molecule has 0 aliphatic heterocycles. The van der Waals surface area contributed by atoms with Crippen molar-refractivity contribution in [3.8, 4) is 0 Å². The Hall–Kier alpha value is -3.28. The Bertz CT molecular complexity index is 1490. The van der Waals surface area contributed by atoms with Gasteiger partial charge < -0.3 is 10.2 Å². The van der Waals surface area contributed by atoms with Crippen molar-refractivity contribution in [1.82, 2.24) is 10.2 Å². The molecule has 0 aromatic heterocycles. The largest absolute Gasteiger partial charge is 0.416 e. The smallest absolute Gasteiger partial charge is 0.355 e. The van der Waals surface area contributed by atoms with Crippen LogP contribution in [-0.4, -0.2) is 44.3 Å². The molecule has 1 atom stereocenters. The Morgan fingerprint density at radius 2 is 1.63 bits per heavy atom. The average molecular weight is 631 g/mol. The van der Waals surface area contributed by atoms with Crippen LogP contribution < -0.4 is 9.62 Å². The van der Waals surface area contributed by atoms with Gasteiger partial charge in [-0.1, -0.05) is 60.5 Å². The van der Waals surface area contributed by atoms with Crippen LogP contribution in [0.5, 0.6) is 0 Å². The minimum absolute atomic E-state index is 0.164. The first-order valence-electron chi connectivity index (χ1n) is 12.6. The average Bonchev–Trinajstić information content (AvgIpc) is 2.92. The van der Waals surface area contributed by atoms with E-state index in [2.05, 4.69) is 5.32 Å². The van der Waals surface area contributed by atoms with E-state index >= 15 is 0 Å². The third-order valence-corrected chi connectivity index (χ3v) is 8.54. The van der Waals surface area contributed by atoms with Gasteiger partial charge in [-0.05, 0) is 61.4 Å². The number of alkyl halides is 3. The number of sulfonamides is 1. The predicted molar refractivity (Wildman–Crippen MR) is 152 cm³/mol. The van der Waals surface area contributed by atoms with Gasteiger partial charge in [0.05, 0.1) is 16.1 Å². The Labute approximate surface area is 246 Å². The molecule has 2 amide bonds. The number of nitrogens with zero attached hydrogens (tertiary/aromatic N) is 2. The van der Waals surface area contributed by atoms with Crippen molar-refractivity contribution in [2.45, 2.75) is 43.9 Å². The minimum Gasteiger partial charge on any atom is -0.355 e. The van der Waals surface area contributed by atoms with E-state index in [1.54, 1.807) is 32.0 Å². The van der Waals surface area contributed by atoms with Crippen molar-refractivity contribution < 1.29 is 31.2 Å². The summed E-state index contributed by atoms with van der Waals surface area (Å²) in [5, 5.41) is 3.22. The number of amides is 2. The number of anilines is 1. The molecule has 13 heteroatoms. The molecule has 3 aromatic carbocycles. The lowest BCUT2D eigenvalue weighted by molar-refractivity contribution is -0.140. The van der Waals surface area contributed by atoms with E-state index in [1.165, 1.54) is 41.3 Å². The van der Waals surface area contributed by atoms with Crippen LogP contribution in [0.25, 0.3) is 0 Å². The maximum Gasteiger partial charge on any atom is 0.416 e. The fraction of sp³-hybridized carbons (Fsp3) is 0.286. The third kappa shape index (κ3) is 7.93. The quantitative estimate of drug-likeness (QED) is 0.276. The summed E-state index contributed by atoms with van der Waals surface area (Å²) in [5.74, 6) is -1.31. The molecular weight excluding hydrogens is 602 g/mol. The number of nitrogens with one attached hydrogen (secondary N) is 1. The van der Waals surface area contributed by atoms with E-state index in [1.807, 2.05) is 0 Å². The van der Waals surface area contributed by atoms with Crippen molar-refractivity contribution in [3.63, 3.8) is 0 Å². The van der Waals surface area contributed by atoms with Crippen molar-refractivity contribution >= 4 is 50.7 Å². The summed E-state index contributed by atoms with van der Waals surface area (Å²) < 4.78 is 68.7. The van der Waals surface area contributed by atoms with Gasteiger partial charge >= 0.3 is 6.18 Å². The summed E-state index contributed by atoms with van der Waals surface area (Å²) in [5.41, 5.74) is -1.02. The molecule has 7 nitrogen and oxygen atoms in total. The number of benzene rings is 3. The minimum atomic E-state index is -4.76. The molecule has 0 aliphatic rings. The Morgan fingerprint density at radius 3 is 2.22 bits per heavy atom. The Balaban J connectivity index is 2.13. The van der Waals surface area contributed by atoms with Crippen molar-refractivity contribution in [1.29, 1.82) is 0 Å². The van der Waals surface area contributed by atoms with Crippen molar-refractivity contribution in [2.24, 2.45) is 0 Å². The molecule has 0 spiro atoms. The molecule has 0 radical (unpaired) electrons. The summed E-state index contributed by atoms with van der Waals surface area (Å²) in [4.78, 5) is 27.8. The van der Waals surface area contributed by atoms with Gasteiger partial charge in [0.2, 0.25) is 11.8 Å². The molecule has 0 saturated carbocycles. The van der Waals surface area contributed by atoms with Crippen LogP contribution in [-0.2, 0) is 32.3 Å². The first-order valence-corrected chi connectivity index (χ1v) is 14.7. The van der Waals surface area contributed by atoms with Crippen LogP contribution >= 0.6 is 23.2 Å². The Morgan fingerprint density at radius 1 is 0.951 bits per heavy atom. The van der Waals surface area contributed by atoms with E-state index in [0.29, 0.717) is 21.0 Å². The first-order chi connectivity index (χ1) is 19.3. The molecular formula is C28H28Cl2F3N3O4S. The maximum atomic E-state index is 13.9. The van der Waals surface area contributed by atoms with Crippen molar-refractivity contribution in [3.05, 3.63) is 94.0 Å². The zero-order valence-corrected chi connectivity index (χ0v) is 24.5. The van der Waals surface area contributed by atoms with Gasteiger partial charge in [-0.3, -0.25) is 13.9 Å². The second kappa shape index (κ2) is 13.6. The van der Waals surface area contributed by atoms with Gasteiger partial charge in [-0.15, -0.1) is 0 Å². The molecule has 0 saturated heterocycles. The fourth-order valence-electron chi connectivity index (χ4n) is 4.13. The van der Waals surface area contributed by atoms with Gasteiger partial charge in [0.15, 0.2) is 0 Å². The molecule has 41 heavy (non-hydrogen) atoms. The highest BCUT2D eigenvalue weighted by Gasteiger charge is 2.36. The normalized spacial score (nSPS) is 12.5. The summed E-state index contributed by atoms with van der Waals surface area (Å²) in [6.07, 6.45) is -4.59. The second-order valence-corrected chi connectivity index (χ2v) is 11.7.